The van der Waals surface area contributed by atoms with Gasteiger partial charge in [0.15, 0.2) is 11.6 Å². The second-order valence-electron chi connectivity index (χ2n) is 13.2. The highest BCUT2D eigenvalue weighted by atomic mass is 19.4. The fourth-order valence-electron chi connectivity index (χ4n) is 5.40. The molecular weight excluding hydrogens is 852 g/mol. The molecule has 25 heteroatoms. The third-order valence-electron chi connectivity index (χ3n) is 8.53. The molecule has 61 heavy (non-hydrogen) atoms. The lowest BCUT2D eigenvalue weighted by molar-refractivity contribution is -0.144. The van der Waals surface area contributed by atoms with Crippen LogP contribution in [0, 0.1) is 0 Å². The van der Waals surface area contributed by atoms with Crippen LogP contribution in [-0.2, 0) is 34.3 Å². The predicted octanol–water partition coefficient (Wildman–Crippen LogP) is 6.71. The van der Waals surface area contributed by atoms with Gasteiger partial charge in [-0.2, -0.15) is 52.7 Å². The molecule has 2 aromatic heterocycles. The number of halogens is 12. The minimum Gasteiger partial charge on any atom is -0.478 e. The van der Waals surface area contributed by atoms with E-state index in [-0.39, 0.29) is 30.0 Å². The molecule has 0 atom stereocenters. The van der Waals surface area contributed by atoms with E-state index in [4.69, 9.17) is 10.2 Å². The van der Waals surface area contributed by atoms with Crippen molar-refractivity contribution < 1.29 is 77.6 Å². The molecule has 0 bridgehead atoms. The van der Waals surface area contributed by atoms with Crippen LogP contribution < -0.4 is 5.32 Å². The minimum absolute atomic E-state index is 0.00910. The molecule has 0 radical (unpaired) electrons. The van der Waals surface area contributed by atoms with Crippen LogP contribution in [0.15, 0.2) is 61.2 Å². The van der Waals surface area contributed by atoms with Gasteiger partial charge in [0.1, 0.15) is 12.7 Å². The summed E-state index contributed by atoms with van der Waals surface area (Å²) in [4.78, 5) is 31.3. The molecule has 2 aromatic carbocycles. The van der Waals surface area contributed by atoms with Crippen LogP contribution in [-0.4, -0.2) is 100 Å². The Morgan fingerprint density at radius 1 is 0.590 bits per heavy atom. The number of piperidine rings is 2. The Balaban J connectivity index is 0.000000235. The maximum Gasteiger partial charge on any atom is 0.416 e. The van der Waals surface area contributed by atoms with Gasteiger partial charge in [-0.3, -0.25) is 4.79 Å². The Labute approximate surface area is 336 Å². The molecule has 13 nitrogen and oxygen atoms in total. The smallest absolute Gasteiger partial charge is 0.416 e. The minimum atomic E-state index is -4.98. The fraction of sp³-hybridized carbons (Fsp3) is 0.389. The van der Waals surface area contributed by atoms with Gasteiger partial charge in [0.05, 0.1) is 34.5 Å². The number of aliphatic hydroxyl groups is 2. The predicted molar refractivity (Wildman–Crippen MR) is 189 cm³/mol. The number of nitrogens with zero attached hydrogens (tertiary/aromatic N) is 7. The van der Waals surface area contributed by atoms with E-state index < -0.39 is 76.0 Å². The second-order valence-corrected chi connectivity index (χ2v) is 13.2. The van der Waals surface area contributed by atoms with Gasteiger partial charge in [-0.1, -0.05) is 0 Å². The van der Waals surface area contributed by atoms with E-state index in [1.54, 1.807) is 0 Å². The molecule has 4 N–H and O–H groups in total. The first kappa shape index (κ1) is 47.9. The first-order valence-corrected chi connectivity index (χ1v) is 17.7. The number of carboxylic acids is 1. The summed E-state index contributed by atoms with van der Waals surface area (Å²) >= 11 is 0. The van der Waals surface area contributed by atoms with E-state index in [0.717, 1.165) is 60.2 Å². The van der Waals surface area contributed by atoms with Crippen molar-refractivity contribution >= 4 is 24.3 Å². The molecule has 2 aliphatic heterocycles. The second kappa shape index (κ2) is 19.7. The number of aliphatic hydroxyl groups excluding tert-OH is 2. The van der Waals surface area contributed by atoms with Gasteiger partial charge in [-0.15, -0.1) is 10.2 Å². The van der Waals surface area contributed by atoms with Gasteiger partial charge in [0.25, 0.3) is 0 Å². The highest BCUT2D eigenvalue weighted by Gasteiger charge is 2.38. The zero-order valence-corrected chi connectivity index (χ0v) is 31.1. The normalized spacial score (nSPS) is 16.0. The number of rotatable bonds is 6. The molecule has 0 spiro atoms. The standard InChI is InChI=1S/C18H16F6N4O2.C13H7F6N3O2.C5H11NO/c19-17(20,21)12-7-11(8-13(9-12)18(22,23)24)16-25-10-28(26-16)6-3-15(30)27-4-1-14(29)2-5-27;14-12(15,16)8-3-7(4-9(5-8)13(17,18)19)11-20-6-22(21-11)2-1-10(23)24;7-5-1-3-6-4-2-5/h3,6-10,14,29H,1-2,4-5H2;1-6H,(H,23,24);5-7H,1-4H2/b6-3-;2-1-;. The summed E-state index contributed by atoms with van der Waals surface area (Å²) in [6.07, 6.45) is -11.7. The lowest BCUT2D eigenvalue weighted by Gasteiger charge is -2.28. The number of likely N-dealkylation sites (tertiary alicyclic amines) is 1. The maximum atomic E-state index is 13.0. The quantitative estimate of drug-likeness (QED) is 0.121. The van der Waals surface area contributed by atoms with Crippen molar-refractivity contribution in [2.45, 2.75) is 62.6 Å². The highest BCUT2D eigenvalue weighted by Crippen LogP contribution is 2.39. The number of aliphatic carboxylic acids is 1. The molecule has 2 fully saturated rings. The number of hydrogen-bond acceptors (Lipinski definition) is 9. The third-order valence-corrected chi connectivity index (χ3v) is 8.53. The van der Waals surface area contributed by atoms with Gasteiger partial charge in [-0.05, 0) is 75.2 Å². The summed E-state index contributed by atoms with van der Waals surface area (Å²) in [6, 6.07) is 2.04. The molecule has 0 aliphatic carbocycles. The molecule has 0 saturated carbocycles. The number of hydrogen-bond donors (Lipinski definition) is 4. The zero-order valence-electron chi connectivity index (χ0n) is 31.1. The van der Waals surface area contributed by atoms with Crippen LogP contribution >= 0.6 is 0 Å². The Bertz CT molecular complexity index is 2100. The molecule has 1 amide bonds. The summed E-state index contributed by atoms with van der Waals surface area (Å²) in [5, 5.41) is 37.4. The van der Waals surface area contributed by atoms with E-state index >= 15 is 0 Å². The number of carbonyl (C=O) groups is 2. The van der Waals surface area contributed by atoms with E-state index in [2.05, 4.69) is 25.5 Å². The average Bonchev–Trinajstić information content (AvgIpc) is 3.86. The Morgan fingerprint density at radius 2 is 0.951 bits per heavy atom. The molecule has 0 unspecified atom stereocenters. The van der Waals surface area contributed by atoms with Crippen molar-refractivity contribution in [3.63, 3.8) is 0 Å². The number of nitrogens with one attached hydrogen (secondary N) is 1. The van der Waals surface area contributed by atoms with Crippen LogP contribution in [0.1, 0.15) is 47.9 Å². The van der Waals surface area contributed by atoms with Crippen molar-refractivity contribution in [2.24, 2.45) is 0 Å². The lowest BCUT2D eigenvalue weighted by atomic mass is 10.0. The first-order valence-electron chi connectivity index (χ1n) is 17.7. The zero-order chi connectivity index (χ0) is 45.3. The Hall–Kier alpha value is -5.82. The molecular formula is C36H34F12N8O5. The van der Waals surface area contributed by atoms with E-state index in [1.165, 1.54) is 11.1 Å². The summed E-state index contributed by atoms with van der Waals surface area (Å²) in [5.74, 6) is -2.45. The maximum absolute atomic E-state index is 13.0. The molecule has 2 aliphatic rings. The molecule has 2 saturated heterocycles. The summed E-state index contributed by atoms with van der Waals surface area (Å²) < 4.78 is 156. The van der Waals surface area contributed by atoms with Crippen molar-refractivity contribution in [2.75, 3.05) is 26.2 Å². The third kappa shape index (κ3) is 14.7. The largest absolute Gasteiger partial charge is 0.478 e. The lowest BCUT2D eigenvalue weighted by Crippen LogP contribution is -2.39. The fourth-order valence-corrected chi connectivity index (χ4v) is 5.40. The average molecular weight is 887 g/mol. The van der Waals surface area contributed by atoms with Gasteiger partial charge in [-0.25, -0.2) is 24.1 Å². The van der Waals surface area contributed by atoms with Crippen LogP contribution in [0.2, 0.25) is 0 Å². The monoisotopic (exact) mass is 886 g/mol. The first-order chi connectivity index (χ1) is 28.3. The van der Waals surface area contributed by atoms with Gasteiger partial charge in [0, 0.05) is 48.8 Å². The van der Waals surface area contributed by atoms with Crippen LogP contribution in [0.25, 0.3) is 35.2 Å². The number of benzene rings is 2. The van der Waals surface area contributed by atoms with E-state index in [1.807, 2.05) is 0 Å². The van der Waals surface area contributed by atoms with E-state index in [0.29, 0.717) is 56.3 Å². The van der Waals surface area contributed by atoms with Crippen molar-refractivity contribution in [3.8, 4) is 22.8 Å². The Morgan fingerprint density at radius 3 is 1.28 bits per heavy atom. The topological polar surface area (TPSA) is 172 Å². The number of carboxylic acid groups (broad SMARTS) is 1. The molecule has 4 heterocycles. The number of aromatic nitrogens is 6. The van der Waals surface area contributed by atoms with Crippen LogP contribution in [0.4, 0.5) is 52.7 Å². The van der Waals surface area contributed by atoms with E-state index in [9.17, 15) is 67.4 Å². The SMILES string of the molecule is O=C(/C=C\n1cnc(-c2cc(C(F)(F)F)cc(C(F)(F)F)c2)n1)N1CCC(O)CC1.O=C(O)/C=C\n1cnc(-c2cc(C(F)(F)F)cc(C(F)(F)F)c2)n1.OC1CCNCC1. The number of alkyl halides is 12. The van der Waals surface area contributed by atoms with Gasteiger partial charge in [0.2, 0.25) is 5.91 Å². The number of amides is 1. The summed E-state index contributed by atoms with van der Waals surface area (Å²) in [7, 11) is 0. The molecule has 6 rings (SSSR count). The summed E-state index contributed by atoms with van der Waals surface area (Å²) in [5.41, 5.74) is -6.89. The number of carbonyl (C=O) groups excluding carboxylic acids is 1. The van der Waals surface area contributed by atoms with Crippen molar-refractivity contribution in [3.05, 3.63) is 83.5 Å². The molecule has 332 valence electrons. The Kier molecular flexibility index (Phi) is 15.5. The van der Waals surface area contributed by atoms with Crippen molar-refractivity contribution in [1.82, 2.24) is 39.7 Å². The van der Waals surface area contributed by atoms with Crippen LogP contribution in [0.3, 0.4) is 0 Å². The van der Waals surface area contributed by atoms with Gasteiger partial charge < -0.3 is 25.5 Å². The molecule has 4 aromatic rings. The summed E-state index contributed by atoms with van der Waals surface area (Å²) in [6.45, 7) is 2.72. The highest BCUT2D eigenvalue weighted by molar-refractivity contribution is 5.90. The van der Waals surface area contributed by atoms with Gasteiger partial charge >= 0.3 is 30.7 Å². The van der Waals surface area contributed by atoms with Crippen LogP contribution in [0.5, 0.6) is 0 Å². The van der Waals surface area contributed by atoms with Crippen molar-refractivity contribution in [1.29, 1.82) is 0 Å².